The summed E-state index contributed by atoms with van der Waals surface area (Å²) >= 11 is 0. The monoisotopic (exact) mass is 252 g/mol. The van der Waals surface area contributed by atoms with Crippen LogP contribution in [-0.2, 0) is 0 Å². The van der Waals surface area contributed by atoms with E-state index in [1.54, 1.807) is 20.8 Å². The number of hydrogen-bond donors (Lipinski definition) is 2. The fourth-order valence-electron chi connectivity index (χ4n) is 1.41. The summed E-state index contributed by atoms with van der Waals surface area (Å²) in [6.07, 6.45) is 0. The molecule has 0 saturated heterocycles. The first-order valence-corrected chi connectivity index (χ1v) is 5.46. The fraction of sp³-hybridized carbons (Fsp3) is 0.417. The van der Waals surface area contributed by atoms with Crippen molar-refractivity contribution in [3.63, 3.8) is 0 Å². The number of amides is 1. The molecule has 1 aromatic rings. The van der Waals surface area contributed by atoms with Crippen molar-refractivity contribution in [2.24, 2.45) is 0 Å². The SMILES string of the molecule is Cc1cc([N+](=O)[O-])ccc1C(=O)NCC(C)(C)O. The van der Waals surface area contributed by atoms with E-state index in [-0.39, 0.29) is 18.1 Å². The highest BCUT2D eigenvalue weighted by Crippen LogP contribution is 2.17. The molecule has 2 N–H and O–H groups in total. The second kappa shape index (κ2) is 5.14. The second-order valence-corrected chi connectivity index (χ2v) is 4.75. The molecule has 1 aromatic carbocycles. The van der Waals surface area contributed by atoms with Crippen molar-refractivity contribution >= 4 is 11.6 Å². The maximum atomic E-state index is 11.8. The Balaban J connectivity index is 2.84. The number of hydrogen-bond acceptors (Lipinski definition) is 4. The fourth-order valence-corrected chi connectivity index (χ4v) is 1.41. The molecule has 0 bridgehead atoms. The maximum absolute atomic E-state index is 11.8. The van der Waals surface area contributed by atoms with Crippen LogP contribution in [0.2, 0.25) is 0 Å². The van der Waals surface area contributed by atoms with Crippen LogP contribution in [0, 0.1) is 17.0 Å². The Labute approximate surface area is 105 Å². The second-order valence-electron chi connectivity index (χ2n) is 4.75. The minimum Gasteiger partial charge on any atom is -0.389 e. The van der Waals surface area contributed by atoms with E-state index in [2.05, 4.69) is 5.32 Å². The maximum Gasteiger partial charge on any atom is 0.269 e. The van der Waals surface area contributed by atoms with E-state index in [0.29, 0.717) is 11.1 Å². The van der Waals surface area contributed by atoms with Crippen molar-refractivity contribution in [1.82, 2.24) is 5.32 Å². The quantitative estimate of drug-likeness (QED) is 0.625. The van der Waals surface area contributed by atoms with Gasteiger partial charge in [-0.3, -0.25) is 14.9 Å². The molecule has 1 rings (SSSR count). The number of carbonyl (C=O) groups is 1. The Morgan fingerprint density at radius 2 is 2.11 bits per heavy atom. The average molecular weight is 252 g/mol. The van der Waals surface area contributed by atoms with Gasteiger partial charge >= 0.3 is 0 Å². The summed E-state index contributed by atoms with van der Waals surface area (Å²) in [4.78, 5) is 21.9. The number of aryl methyl sites for hydroxylation is 1. The Morgan fingerprint density at radius 3 is 2.56 bits per heavy atom. The molecule has 0 aliphatic carbocycles. The summed E-state index contributed by atoms with van der Waals surface area (Å²) in [6.45, 7) is 4.90. The van der Waals surface area contributed by atoms with Gasteiger partial charge in [-0.2, -0.15) is 0 Å². The molecule has 6 heteroatoms. The third kappa shape index (κ3) is 3.81. The molecule has 0 aliphatic heterocycles. The number of aliphatic hydroxyl groups is 1. The molecule has 18 heavy (non-hydrogen) atoms. The molecule has 0 heterocycles. The predicted molar refractivity (Wildman–Crippen MR) is 66.5 cm³/mol. The number of nitrogens with one attached hydrogen (secondary N) is 1. The van der Waals surface area contributed by atoms with Crippen molar-refractivity contribution in [2.45, 2.75) is 26.4 Å². The van der Waals surface area contributed by atoms with Crippen molar-refractivity contribution in [2.75, 3.05) is 6.54 Å². The molecule has 98 valence electrons. The third-order valence-corrected chi connectivity index (χ3v) is 2.35. The van der Waals surface area contributed by atoms with Gasteiger partial charge in [-0.1, -0.05) is 0 Å². The zero-order chi connectivity index (χ0) is 13.9. The van der Waals surface area contributed by atoms with Gasteiger partial charge in [-0.25, -0.2) is 0 Å². The van der Waals surface area contributed by atoms with Gasteiger partial charge in [0.15, 0.2) is 0 Å². The highest BCUT2D eigenvalue weighted by molar-refractivity contribution is 5.95. The molecule has 0 unspecified atom stereocenters. The van der Waals surface area contributed by atoms with Gasteiger partial charge in [-0.05, 0) is 32.4 Å². The number of nitro groups is 1. The Bertz CT molecular complexity index is 477. The van der Waals surface area contributed by atoms with E-state index in [4.69, 9.17) is 0 Å². The lowest BCUT2D eigenvalue weighted by atomic mass is 10.1. The van der Waals surface area contributed by atoms with E-state index < -0.39 is 10.5 Å². The van der Waals surface area contributed by atoms with Crippen LogP contribution in [0.15, 0.2) is 18.2 Å². The largest absolute Gasteiger partial charge is 0.389 e. The van der Waals surface area contributed by atoms with Crippen LogP contribution in [-0.4, -0.2) is 28.1 Å². The lowest BCUT2D eigenvalue weighted by molar-refractivity contribution is -0.384. The number of nitro benzene ring substituents is 1. The van der Waals surface area contributed by atoms with E-state index in [0.717, 1.165) is 0 Å². The van der Waals surface area contributed by atoms with Gasteiger partial charge in [0, 0.05) is 24.2 Å². The van der Waals surface area contributed by atoms with Crippen LogP contribution in [0.4, 0.5) is 5.69 Å². The molecule has 0 saturated carbocycles. The standard InChI is InChI=1S/C12H16N2O4/c1-8-6-9(14(17)18)4-5-10(8)11(15)13-7-12(2,3)16/h4-6,16H,7H2,1-3H3,(H,13,15). The first kappa shape index (κ1) is 14.1. The molecule has 0 spiro atoms. The minimum absolute atomic E-state index is 0.0495. The lowest BCUT2D eigenvalue weighted by Crippen LogP contribution is -2.38. The van der Waals surface area contributed by atoms with Crippen molar-refractivity contribution < 1.29 is 14.8 Å². The molecule has 6 nitrogen and oxygen atoms in total. The Kier molecular flexibility index (Phi) is 4.03. The van der Waals surface area contributed by atoms with Gasteiger partial charge in [0.2, 0.25) is 0 Å². The number of carbonyl (C=O) groups excluding carboxylic acids is 1. The van der Waals surface area contributed by atoms with E-state index >= 15 is 0 Å². The van der Waals surface area contributed by atoms with Crippen LogP contribution in [0.25, 0.3) is 0 Å². The van der Waals surface area contributed by atoms with Gasteiger partial charge in [0.25, 0.3) is 11.6 Å². The number of benzene rings is 1. The first-order chi connectivity index (χ1) is 8.20. The first-order valence-electron chi connectivity index (χ1n) is 5.46. The van der Waals surface area contributed by atoms with E-state index in [1.807, 2.05) is 0 Å². The predicted octanol–water partition coefficient (Wildman–Crippen LogP) is 1.40. The summed E-state index contributed by atoms with van der Waals surface area (Å²) in [5.74, 6) is -0.357. The molecule has 0 aliphatic rings. The lowest BCUT2D eigenvalue weighted by Gasteiger charge is -2.18. The topological polar surface area (TPSA) is 92.5 Å². The minimum atomic E-state index is -0.996. The normalized spacial score (nSPS) is 11.1. The van der Waals surface area contributed by atoms with Gasteiger partial charge in [0.1, 0.15) is 0 Å². The molecular formula is C12H16N2O4. The smallest absolute Gasteiger partial charge is 0.269 e. The third-order valence-electron chi connectivity index (χ3n) is 2.35. The molecule has 1 amide bonds. The van der Waals surface area contributed by atoms with E-state index in [9.17, 15) is 20.0 Å². The Morgan fingerprint density at radius 1 is 1.50 bits per heavy atom. The van der Waals surface area contributed by atoms with Crippen molar-refractivity contribution in [1.29, 1.82) is 0 Å². The molecular weight excluding hydrogens is 236 g/mol. The van der Waals surface area contributed by atoms with E-state index in [1.165, 1.54) is 18.2 Å². The summed E-state index contributed by atoms with van der Waals surface area (Å²) in [5, 5.41) is 22.6. The van der Waals surface area contributed by atoms with Crippen LogP contribution >= 0.6 is 0 Å². The Hall–Kier alpha value is -1.95. The summed E-state index contributed by atoms with van der Waals surface area (Å²) < 4.78 is 0. The number of nitrogens with zero attached hydrogens (tertiary/aromatic N) is 1. The van der Waals surface area contributed by atoms with Gasteiger partial charge < -0.3 is 10.4 Å². The summed E-state index contributed by atoms with van der Waals surface area (Å²) in [7, 11) is 0. The van der Waals surface area contributed by atoms with Crippen molar-refractivity contribution in [3.8, 4) is 0 Å². The highest BCUT2D eigenvalue weighted by atomic mass is 16.6. The van der Waals surface area contributed by atoms with Crippen LogP contribution in [0.3, 0.4) is 0 Å². The molecule has 0 fully saturated rings. The average Bonchev–Trinajstić information content (AvgIpc) is 2.24. The van der Waals surface area contributed by atoms with Crippen LogP contribution in [0.5, 0.6) is 0 Å². The zero-order valence-corrected chi connectivity index (χ0v) is 10.6. The molecule has 0 atom stereocenters. The zero-order valence-electron chi connectivity index (χ0n) is 10.6. The number of non-ortho nitro benzene ring substituents is 1. The highest BCUT2D eigenvalue weighted by Gasteiger charge is 2.17. The molecule has 0 radical (unpaired) electrons. The number of rotatable bonds is 4. The van der Waals surface area contributed by atoms with Gasteiger partial charge in [0.05, 0.1) is 10.5 Å². The summed E-state index contributed by atoms with van der Waals surface area (Å²) in [6, 6.07) is 4.04. The molecule has 0 aromatic heterocycles. The van der Waals surface area contributed by atoms with Crippen LogP contribution < -0.4 is 5.32 Å². The van der Waals surface area contributed by atoms with Crippen molar-refractivity contribution in [3.05, 3.63) is 39.4 Å². The summed E-state index contributed by atoms with van der Waals surface area (Å²) in [5.41, 5.74) is -0.154. The van der Waals surface area contributed by atoms with Crippen LogP contribution in [0.1, 0.15) is 29.8 Å². The van der Waals surface area contributed by atoms with Gasteiger partial charge in [-0.15, -0.1) is 0 Å².